The second-order valence-corrected chi connectivity index (χ2v) is 14.8. The predicted molar refractivity (Wildman–Crippen MR) is 221 cm³/mol. The maximum absolute atomic E-state index is 3.77. The van der Waals surface area contributed by atoms with Crippen molar-refractivity contribution in [1.29, 1.82) is 0 Å². The average Bonchev–Trinajstić information content (AvgIpc) is 3.65. The minimum Gasteiger partial charge on any atom is -0.368 e. The summed E-state index contributed by atoms with van der Waals surface area (Å²) in [7, 11) is 0. The van der Waals surface area contributed by atoms with E-state index in [1.807, 2.05) is 11.8 Å². The predicted octanol–water partition coefficient (Wildman–Crippen LogP) is 14.2. The summed E-state index contributed by atoms with van der Waals surface area (Å²) < 4.78 is 0. The molecule has 1 heterocycles. The van der Waals surface area contributed by atoms with Gasteiger partial charge in [0.2, 0.25) is 0 Å². The molecule has 51 heavy (non-hydrogen) atoms. The molecule has 0 saturated carbocycles. The Morgan fingerprint density at radius 3 is 1.55 bits per heavy atom. The molecule has 0 fully saturated rings. The normalized spacial score (nSPS) is 14.2. The molecule has 1 atom stereocenters. The number of rotatable bonds is 3. The smallest absolute Gasteiger partial charge is 0.103 e. The van der Waals surface area contributed by atoms with Crippen LogP contribution in [0.5, 0.6) is 0 Å². The van der Waals surface area contributed by atoms with Crippen molar-refractivity contribution in [2.75, 3.05) is 5.32 Å². The zero-order valence-corrected chi connectivity index (χ0v) is 28.5. The van der Waals surface area contributed by atoms with Crippen molar-refractivity contribution in [3.05, 3.63) is 181 Å². The first-order valence-electron chi connectivity index (χ1n) is 17.6. The van der Waals surface area contributed by atoms with Gasteiger partial charge in [-0.15, -0.1) is 0 Å². The van der Waals surface area contributed by atoms with Gasteiger partial charge < -0.3 is 5.32 Å². The van der Waals surface area contributed by atoms with Gasteiger partial charge in [-0.05, 0) is 105 Å². The third-order valence-corrected chi connectivity index (χ3v) is 12.2. The molecule has 1 nitrogen and oxygen atoms in total. The minimum atomic E-state index is 0.215. The first-order chi connectivity index (χ1) is 25.3. The highest BCUT2D eigenvalue weighted by Gasteiger charge is 2.25. The van der Waals surface area contributed by atoms with Crippen LogP contribution in [0.25, 0.3) is 86.9 Å². The summed E-state index contributed by atoms with van der Waals surface area (Å²) in [6.45, 7) is 0. The fourth-order valence-electron chi connectivity index (χ4n) is 8.47. The van der Waals surface area contributed by atoms with E-state index in [1.54, 1.807) is 0 Å². The molecule has 1 aliphatic heterocycles. The standard InChI is InChI=1S/C49H31NS/c1-2-10-31(11-3-1)49-50-46-27-22-30-18-19-33-28-32(20-23-37(33)47(30)48(46)51-49)35-25-26-36(39-13-5-4-12-38(35)39)34-21-24-44-42-16-7-6-14-40(42)41-15-8-9-17-43(41)45(44)29-34/h1-29,49-50H. The SMILES string of the molecule is c1ccc(C2Nc3ccc4ccc5cc(-c6ccc(-c7ccc8c9ccccc9c9ccccc9c8c7)c7ccccc67)ccc5c4c3S2)cc1. The summed E-state index contributed by atoms with van der Waals surface area (Å²) in [6, 6.07) is 65.0. The number of benzene rings is 10. The van der Waals surface area contributed by atoms with E-state index < -0.39 is 0 Å². The molecule has 10 aromatic carbocycles. The first kappa shape index (κ1) is 28.7. The van der Waals surface area contributed by atoms with Crippen molar-refractivity contribution < 1.29 is 0 Å². The molecule has 1 N–H and O–H groups in total. The van der Waals surface area contributed by atoms with Crippen LogP contribution in [-0.2, 0) is 0 Å². The molecule has 0 radical (unpaired) electrons. The molecule has 238 valence electrons. The molecule has 2 heteroatoms. The molecule has 10 aromatic rings. The molecular formula is C49H31NS. The molecule has 0 aromatic heterocycles. The van der Waals surface area contributed by atoms with E-state index in [9.17, 15) is 0 Å². The maximum atomic E-state index is 3.77. The van der Waals surface area contributed by atoms with Gasteiger partial charge in [-0.1, -0.05) is 169 Å². The second kappa shape index (κ2) is 11.2. The zero-order valence-electron chi connectivity index (χ0n) is 27.7. The summed E-state index contributed by atoms with van der Waals surface area (Å²) >= 11 is 1.93. The topological polar surface area (TPSA) is 12.0 Å². The molecule has 0 saturated heterocycles. The van der Waals surface area contributed by atoms with Crippen molar-refractivity contribution in [1.82, 2.24) is 0 Å². The Hall–Kier alpha value is -6.09. The lowest BCUT2D eigenvalue weighted by Crippen LogP contribution is -2.00. The molecule has 0 aliphatic carbocycles. The van der Waals surface area contributed by atoms with E-state index in [-0.39, 0.29) is 5.37 Å². The molecule has 0 bridgehead atoms. The summed E-state index contributed by atoms with van der Waals surface area (Å²) in [5, 5.41) is 19.5. The van der Waals surface area contributed by atoms with E-state index >= 15 is 0 Å². The number of thioether (sulfide) groups is 1. The van der Waals surface area contributed by atoms with Gasteiger partial charge in [0, 0.05) is 16.0 Å². The largest absolute Gasteiger partial charge is 0.368 e. The number of fused-ring (bicyclic) bond motifs is 12. The van der Waals surface area contributed by atoms with E-state index in [4.69, 9.17) is 0 Å². The monoisotopic (exact) mass is 665 g/mol. The number of hydrogen-bond donors (Lipinski definition) is 1. The molecule has 0 spiro atoms. The highest BCUT2D eigenvalue weighted by Crippen LogP contribution is 2.51. The van der Waals surface area contributed by atoms with E-state index in [2.05, 4.69) is 181 Å². The van der Waals surface area contributed by atoms with Crippen molar-refractivity contribution in [3.8, 4) is 22.3 Å². The molecule has 11 rings (SSSR count). The van der Waals surface area contributed by atoms with Crippen LogP contribution in [0.4, 0.5) is 5.69 Å². The van der Waals surface area contributed by atoms with Crippen LogP contribution < -0.4 is 5.32 Å². The van der Waals surface area contributed by atoms with Crippen LogP contribution in [0, 0.1) is 0 Å². The fraction of sp³-hybridized carbons (Fsp3) is 0.0204. The molecular weight excluding hydrogens is 635 g/mol. The van der Waals surface area contributed by atoms with Crippen LogP contribution in [0.2, 0.25) is 0 Å². The van der Waals surface area contributed by atoms with Crippen LogP contribution in [0.15, 0.2) is 181 Å². The summed E-state index contributed by atoms with van der Waals surface area (Å²) in [5.41, 5.74) is 7.51. The van der Waals surface area contributed by atoms with Crippen LogP contribution in [0.1, 0.15) is 10.9 Å². The Morgan fingerprint density at radius 2 is 0.882 bits per heavy atom. The third kappa shape index (κ3) is 4.43. The lowest BCUT2D eigenvalue weighted by atomic mass is 9.88. The van der Waals surface area contributed by atoms with Crippen molar-refractivity contribution in [2.24, 2.45) is 0 Å². The third-order valence-electron chi connectivity index (χ3n) is 10.9. The van der Waals surface area contributed by atoms with Crippen LogP contribution in [-0.4, -0.2) is 0 Å². The summed E-state index contributed by atoms with van der Waals surface area (Å²) in [5.74, 6) is 0. The fourth-order valence-corrected chi connectivity index (χ4v) is 9.79. The van der Waals surface area contributed by atoms with Gasteiger partial charge in [0.15, 0.2) is 0 Å². The summed E-state index contributed by atoms with van der Waals surface area (Å²) in [6.07, 6.45) is 0. The van der Waals surface area contributed by atoms with Gasteiger partial charge in [-0.3, -0.25) is 0 Å². The van der Waals surface area contributed by atoms with Crippen molar-refractivity contribution in [3.63, 3.8) is 0 Å². The Labute approximate surface area is 300 Å². The Balaban J connectivity index is 1.04. The van der Waals surface area contributed by atoms with Gasteiger partial charge in [0.05, 0.1) is 0 Å². The Bertz CT molecular complexity index is 3000. The minimum absolute atomic E-state index is 0.215. The second-order valence-electron chi connectivity index (χ2n) is 13.7. The average molecular weight is 666 g/mol. The van der Waals surface area contributed by atoms with E-state index in [1.165, 1.54) is 103 Å². The van der Waals surface area contributed by atoms with Gasteiger partial charge in [0.25, 0.3) is 0 Å². The number of hydrogen-bond acceptors (Lipinski definition) is 2. The summed E-state index contributed by atoms with van der Waals surface area (Å²) in [4.78, 5) is 1.34. The Kier molecular flexibility index (Phi) is 6.31. The lowest BCUT2D eigenvalue weighted by Gasteiger charge is -2.15. The highest BCUT2D eigenvalue weighted by atomic mass is 32.2. The van der Waals surface area contributed by atoms with Crippen LogP contribution in [0.3, 0.4) is 0 Å². The molecule has 1 unspecified atom stereocenters. The highest BCUT2D eigenvalue weighted by molar-refractivity contribution is 8.00. The Morgan fingerprint density at radius 1 is 0.373 bits per heavy atom. The maximum Gasteiger partial charge on any atom is 0.103 e. The van der Waals surface area contributed by atoms with E-state index in [0.717, 1.165) is 0 Å². The van der Waals surface area contributed by atoms with Gasteiger partial charge in [0.1, 0.15) is 5.37 Å². The van der Waals surface area contributed by atoms with Crippen LogP contribution >= 0.6 is 11.8 Å². The first-order valence-corrected chi connectivity index (χ1v) is 18.5. The van der Waals surface area contributed by atoms with E-state index in [0.29, 0.717) is 0 Å². The lowest BCUT2D eigenvalue weighted by molar-refractivity contribution is 1.14. The van der Waals surface area contributed by atoms with Crippen molar-refractivity contribution >= 4 is 82.1 Å². The number of anilines is 1. The molecule has 1 aliphatic rings. The van der Waals surface area contributed by atoms with Gasteiger partial charge in [-0.25, -0.2) is 0 Å². The van der Waals surface area contributed by atoms with Gasteiger partial charge in [-0.2, -0.15) is 0 Å². The zero-order chi connectivity index (χ0) is 33.5. The quantitative estimate of drug-likeness (QED) is 0.189. The number of nitrogens with one attached hydrogen (secondary N) is 1. The molecule has 0 amide bonds. The van der Waals surface area contributed by atoms with Gasteiger partial charge >= 0.3 is 0 Å². The van der Waals surface area contributed by atoms with Crippen molar-refractivity contribution in [2.45, 2.75) is 10.3 Å².